The van der Waals surface area contributed by atoms with E-state index in [1.807, 2.05) is 0 Å². The van der Waals surface area contributed by atoms with E-state index in [0.29, 0.717) is 23.8 Å². The zero-order valence-electron chi connectivity index (χ0n) is 12.1. The van der Waals surface area contributed by atoms with E-state index in [0.717, 1.165) is 37.5 Å². The van der Waals surface area contributed by atoms with E-state index < -0.39 is 5.60 Å². The monoisotopic (exact) mass is 280 g/mol. The topological polar surface area (TPSA) is 55.8 Å². The van der Waals surface area contributed by atoms with Gasteiger partial charge < -0.3 is 4.74 Å². The second-order valence-electron chi connectivity index (χ2n) is 7.01. The third kappa shape index (κ3) is 2.19. The number of hydrogen-bond donors (Lipinski definition) is 1. The van der Waals surface area contributed by atoms with Crippen molar-refractivity contribution in [3.05, 3.63) is 12.2 Å². The standard InChI is InChI=1S/C16H24O4/c1-10(2)15(17)20-16(3-4-19-18)13-6-11-5-12(8-13)9-14(16)7-11/h11-14,18H,1,3-9H2,2H3. The maximum atomic E-state index is 12.1. The summed E-state index contributed by atoms with van der Waals surface area (Å²) >= 11 is 0. The van der Waals surface area contributed by atoms with Crippen molar-refractivity contribution in [2.75, 3.05) is 6.61 Å². The lowest BCUT2D eigenvalue weighted by atomic mass is 9.49. The summed E-state index contributed by atoms with van der Waals surface area (Å²) in [5, 5.41) is 8.72. The summed E-state index contributed by atoms with van der Waals surface area (Å²) in [6.07, 6.45) is 6.57. The minimum atomic E-state index is -0.438. The van der Waals surface area contributed by atoms with Gasteiger partial charge in [-0.3, -0.25) is 5.26 Å². The smallest absolute Gasteiger partial charge is 0.333 e. The SMILES string of the molecule is C=C(C)C(=O)OC1(CCOO)C2CC3CC(C2)CC1C3. The van der Waals surface area contributed by atoms with Crippen LogP contribution in [0.1, 0.15) is 45.4 Å². The largest absolute Gasteiger partial charge is 0.455 e. The molecule has 4 nitrogen and oxygen atoms in total. The summed E-state index contributed by atoms with van der Waals surface area (Å²) in [6.45, 7) is 5.61. The van der Waals surface area contributed by atoms with Gasteiger partial charge in [0.1, 0.15) is 5.60 Å². The molecule has 0 spiro atoms. The van der Waals surface area contributed by atoms with Crippen molar-refractivity contribution >= 4 is 5.97 Å². The van der Waals surface area contributed by atoms with Crippen LogP contribution in [0.4, 0.5) is 0 Å². The van der Waals surface area contributed by atoms with Gasteiger partial charge in [-0.2, -0.15) is 0 Å². The van der Waals surface area contributed by atoms with Crippen LogP contribution in [0.5, 0.6) is 0 Å². The molecule has 0 aromatic carbocycles. The Morgan fingerprint density at radius 3 is 2.20 bits per heavy atom. The molecule has 0 radical (unpaired) electrons. The molecule has 4 rings (SSSR count). The molecule has 4 aliphatic rings. The van der Waals surface area contributed by atoms with E-state index in [1.165, 1.54) is 6.42 Å². The fraction of sp³-hybridized carbons (Fsp3) is 0.812. The van der Waals surface area contributed by atoms with Gasteiger partial charge in [0.05, 0.1) is 6.61 Å². The molecule has 0 heterocycles. The number of rotatable bonds is 5. The third-order valence-electron chi connectivity index (χ3n) is 5.74. The van der Waals surface area contributed by atoms with Crippen LogP contribution in [-0.4, -0.2) is 23.4 Å². The van der Waals surface area contributed by atoms with E-state index in [9.17, 15) is 4.79 Å². The van der Waals surface area contributed by atoms with Gasteiger partial charge in [-0.25, -0.2) is 9.68 Å². The first kappa shape index (κ1) is 14.1. The second-order valence-corrected chi connectivity index (χ2v) is 7.01. The summed E-state index contributed by atoms with van der Waals surface area (Å²) in [4.78, 5) is 16.4. The molecule has 0 unspecified atom stereocenters. The molecule has 0 aromatic heterocycles. The van der Waals surface area contributed by atoms with Crippen molar-refractivity contribution in [2.24, 2.45) is 23.7 Å². The summed E-state index contributed by atoms with van der Waals surface area (Å²) in [7, 11) is 0. The zero-order valence-corrected chi connectivity index (χ0v) is 12.1. The predicted octanol–water partition coefficient (Wildman–Crippen LogP) is 3.18. The minimum absolute atomic E-state index is 0.228. The second kappa shape index (κ2) is 5.15. The normalized spacial score (nSPS) is 41.7. The lowest BCUT2D eigenvalue weighted by Crippen LogP contribution is -2.60. The highest BCUT2D eigenvalue weighted by molar-refractivity contribution is 5.87. The number of carbonyl (C=O) groups excluding carboxylic acids is 1. The fourth-order valence-corrected chi connectivity index (χ4v) is 5.07. The van der Waals surface area contributed by atoms with Crippen molar-refractivity contribution < 1.29 is 19.7 Å². The summed E-state index contributed by atoms with van der Waals surface area (Å²) in [6, 6.07) is 0. The molecule has 0 atom stereocenters. The van der Waals surface area contributed by atoms with E-state index in [-0.39, 0.29) is 12.6 Å². The number of ether oxygens (including phenoxy) is 1. The maximum Gasteiger partial charge on any atom is 0.333 e. The highest BCUT2D eigenvalue weighted by Crippen LogP contribution is 2.60. The molecule has 0 amide bonds. The first-order chi connectivity index (χ1) is 9.55. The van der Waals surface area contributed by atoms with Crippen LogP contribution in [0, 0.1) is 23.7 Å². The Labute approximate surface area is 120 Å². The Kier molecular flexibility index (Phi) is 3.63. The number of esters is 1. The molecule has 0 aromatic rings. The average molecular weight is 280 g/mol. The summed E-state index contributed by atoms with van der Waals surface area (Å²) < 4.78 is 5.95. The van der Waals surface area contributed by atoms with Gasteiger partial charge in [-0.1, -0.05) is 6.58 Å². The van der Waals surface area contributed by atoms with E-state index >= 15 is 0 Å². The highest BCUT2D eigenvalue weighted by atomic mass is 17.1. The van der Waals surface area contributed by atoms with Crippen LogP contribution < -0.4 is 0 Å². The van der Waals surface area contributed by atoms with Crippen LogP contribution in [0.25, 0.3) is 0 Å². The van der Waals surface area contributed by atoms with Crippen LogP contribution in [0.15, 0.2) is 12.2 Å². The van der Waals surface area contributed by atoms with Gasteiger partial charge in [0.25, 0.3) is 0 Å². The lowest BCUT2D eigenvalue weighted by molar-refractivity contribution is -0.265. The van der Waals surface area contributed by atoms with Gasteiger partial charge >= 0.3 is 5.97 Å². The Balaban J connectivity index is 1.85. The molecule has 20 heavy (non-hydrogen) atoms. The number of hydrogen-bond acceptors (Lipinski definition) is 4. The van der Waals surface area contributed by atoms with E-state index in [1.54, 1.807) is 6.92 Å². The molecule has 4 saturated carbocycles. The Bertz CT molecular complexity index is 387. The average Bonchev–Trinajstić information content (AvgIpc) is 2.40. The van der Waals surface area contributed by atoms with Gasteiger partial charge in [0.15, 0.2) is 0 Å². The summed E-state index contributed by atoms with van der Waals surface area (Å²) in [5.74, 6) is 2.18. The third-order valence-corrected chi connectivity index (χ3v) is 5.74. The molecule has 112 valence electrons. The van der Waals surface area contributed by atoms with Crippen molar-refractivity contribution in [3.8, 4) is 0 Å². The Hall–Kier alpha value is -0.870. The van der Waals surface area contributed by atoms with Gasteiger partial charge in [-0.15, -0.1) is 0 Å². The Morgan fingerprint density at radius 2 is 1.75 bits per heavy atom. The maximum absolute atomic E-state index is 12.1. The van der Waals surface area contributed by atoms with Crippen LogP contribution >= 0.6 is 0 Å². The first-order valence-corrected chi connectivity index (χ1v) is 7.70. The lowest BCUT2D eigenvalue weighted by Gasteiger charge is -2.60. The minimum Gasteiger partial charge on any atom is -0.455 e. The van der Waals surface area contributed by atoms with Crippen molar-refractivity contribution in [1.82, 2.24) is 0 Å². The molecule has 4 fully saturated rings. The fourth-order valence-electron chi connectivity index (χ4n) is 5.07. The molecule has 4 bridgehead atoms. The van der Waals surface area contributed by atoms with Crippen LogP contribution in [0.3, 0.4) is 0 Å². The molecule has 0 saturated heterocycles. The first-order valence-electron chi connectivity index (χ1n) is 7.70. The van der Waals surface area contributed by atoms with Gasteiger partial charge in [-0.05, 0) is 62.7 Å². The summed E-state index contributed by atoms with van der Waals surface area (Å²) in [5.41, 5.74) is 0.00900. The molecule has 4 aliphatic carbocycles. The van der Waals surface area contributed by atoms with Gasteiger partial charge in [0.2, 0.25) is 0 Å². The van der Waals surface area contributed by atoms with Crippen molar-refractivity contribution in [3.63, 3.8) is 0 Å². The molecule has 1 N–H and O–H groups in total. The molecular formula is C16H24O4. The predicted molar refractivity (Wildman–Crippen MR) is 73.9 cm³/mol. The zero-order chi connectivity index (χ0) is 14.3. The highest BCUT2D eigenvalue weighted by Gasteiger charge is 2.59. The Morgan fingerprint density at radius 1 is 1.20 bits per heavy atom. The number of carbonyl (C=O) groups is 1. The molecular weight excluding hydrogens is 256 g/mol. The van der Waals surface area contributed by atoms with Crippen molar-refractivity contribution in [2.45, 2.75) is 51.0 Å². The van der Waals surface area contributed by atoms with Gasteiger partial charge in [0, 0.05) is 12.0 Å². The van der Waals surface area contributed by atoms with E-state index in [2.05, 4.69) is 11.5 Å². The van der Waals surface area contributed by atoms with Crippen LogP contribution in [-0.2, 0) is 14.4 Å². The molecule has 0 aliphatic heterocycles. The molecule has 4 heteroatoms. The van der Waals surface area contributed by atoms with E-state index in [4.69, 9.17) is 9.99 Å². The quantitative estimate of drug-likeness (QED) is 0.364. The van der Waals surface area contributed by atoms with Crippen LogP contribution in [0.2, 0.25) is 0 Å². The van der Waals surface area contributed by atoms with Crippen molar-refractivity contribution in [1.29, 1.82) is 0 Å².